The van der Waals surface area contributed by atoms with Crippen LogP contribution < -0.4 is 0 Å². The van der Waals surface area contributed by atoms with Crippen molar-refractivity contribution in [1.29, 1.82) is 0 Å². The Morgan fingerprint density at radius 2 is 1.55 bits per heavy atom. The summed E-state index contributed by atoms with van der Waals surface area (Å²) in [6, 6.07) is 20.1. The molecule has 98 valence electrons. The second-order valence-electron chi connectivity index (χ2n) is 6.38. The molecule has 0 aliphatic heterocycles. The van der Waals surface area contributed by atoms with Gasteiger partial charge in [-0.1, -0.05) is 74.0 Å². The molecule has 0 unspecified atom stereocenters. The number of benzene rings is 3. The topological polar surface area (TPSA) is 0 Å². The van der Waals surface area contributed by atoms with E-state index in [1.54, 1.807) is 0 Å². The second kappa shape index (κ2) is 3.73. The first kappa shape index (κ1) is 11.7. The molecule has 3 aromatic carbocycles. The molecule has 20 heavy (non-hydrogen) atoms. The van der Waals surface area contributed by atoms with Crippen molar-refractivity contribution in [3.05, 3.63) is 71.3 Å². The molecular formula is C20H18. The lowest BCUT2D eigenvalue weighted by molar-refractivity contribution is 0.665. The maximum Gasteiger partial charge on any atom is 0.0165 e. The Kier molecular flexibility index (Phi) is 2.18. The van der Waals surface area contributed by atoms with Gasteiger partial charge in [0.05, 0.1) is 0 Å². The minimum Gasteiger partial charge on any atom is -0.0616 e. The first-order valence-corrected chi connectivity index (χ1v) is 7.23. The molecule has 0 radical (unpaired) electrons. The second-order valence-corrected chi connectivity index (χ2v) is 6.38. The fourth-order valence-electron chi connectivity index (χ4n) is 3.71. The smallest absolute Gasteiger partial charge is 0.0165 e. The maximum atomic E-state index is 2.35. The van der Waals surface area contributed by atoms with Crippen LogP contribution in [0.5, 0.6) is 0 Å². The van der Waals surface area contributed by atoms with Crippen LogP contribution in [0.25, 0.3) is 21.9 Å². The molecule has 0 atom stereocenters. The van der Waals surface area contributed by atoms with Crippen molar-refractivity contribution >= 4 is 10.8 Å². The first-order chi connectivity index (χ1) is 9.59. The molecule has 0 aromatic heterocycles. The third kappa shape index (κ3) is 1.37. The molecule has 0 amide bonds. The molecule has 0 saturated carbocycles. The Morgan fingerprint density at radius 1 is 0.800 bits per heavy atom. The van der Waals surface area contributed by atoms with Crippen LogP contribution in [0, 0.1) is 6.92 Å². The lowest BCUT2D eigenvalue weighted by atomic mass is 9.80. The highest BCUT2D eigenvalue weighted by molar-refractivity contribution is 5.97. The third-order valence-electron chi connectivity index (χ3n) is 4.69. The van der Waals surface area contributed by atoms with E-state index in [-0.39, 0.29) is 5.41 Å². The van der Waals surface area contributed by atoms with Crippen molar-refractivity contribution in [2.24, 2.45) is 0 Å². The summed E-state index contributed by atoms with van der Waals surface area (Å²) in [6.45, 7) is 6.88. The predicted molar refractivity (Wildman–Crippen MR) is 86.2 cm³/mol. The Hall–Kier alpha value is -2.08. The van der Waals surface area contributed by atoms with E-state index in [2.05, 4.69) is 75.4 Å². The van der Waals surface area contributed by atoms with Gasteiger partial charge in [0, 0.05) is 5.41 Å². The summed E-state index contributed by atoms with van der Waals surface area (Å²) in [5.74, 6) is 0. The molecule has 0 N–H and O–H groups in total. The van der Waals surface area contributed by atoms with E-state index in [1.165, 1.54) is 38.6 Å². The summed E-state index contributed by atoms with van der Waals surface area (Å²) in [5, 5.41) is 2.73. The monoisotopic (exact) mass is 258 g/mol. The fourth-order valence-corrected chi connectivity index (χ4v) is 3.71. The molecule has 0 fully saturated rings. The third-order valence-corrected chi connectivity index (χ3v) is 4.69. The largest absolute Gasteiger partial charge is 0.0616 e. The number of aryl methyl sites for hydroxylation is 1. The van der Waals surface area contributed by atoms with Crippen molar-refractivity contribution in [2.75, 3.05) is 0 Å². The molecule has 3 aromatic rings. The fraction of sp³-hybridized carbons (Fsp3) is 0.200. The van der Waals surface area contributed by atoms with E-state index in [0.717, 1.165) is 0 Å². The van der Waals surface area contributed by atoms with Crippen molar-refractivity contribution in [3.8, 4) is 11.1 Å². The summed E-state index contributed by atoms with van der Waals surface area (Å²) >= 11 is 0. The average Bonchev–Trinajstić information content (AvgIpc) is 2.67. The van der Waals surface area contributed by atoms with Crippen LogP contribution in [-0.4, -0.2) is 0 Å². The summed E-state index contributed by atoms with van der Waals surface area (Å²) in [5.41, 5.74) is 7.18. The zero-order valence-corrected chi connectivity index (χ0v) is 12.2. The zero-order chi connectivity index (χ0) is 13.9. The van der Waals surface area contributed by atoms with E-state index in [9.17, 15) is 0 Å². The van der Waals surface area contributed by atoms with Gasteiger partial charge < -0.3 is 0 Å². The van der Waals surface area contributed by atoms with Crippen LogP contribution in [0.3, 0.4) is 0 Å². The zero-order valence-electron chi connectivity index (χ0n) is 12.2. The van der Waals surface area contributed by atoms with E-state index in [1.807, 2.05) is 0 Å². The SMILES string of the molecule is Cc1ccc2c(c1)C(C)(C)c1c-2ccc2ccccc12. The maximum absolute atomic E-state index is 2.35. The van der Waals surface area contributed by atoms with Crippen LogP contribution in [-0.2, 0) is 5.41 Å². The molecule has 4 rings (SSSR count). The Morgan fingerprint density at radius 3 is 2.40 bits per heavy atom. The minimum atomic E-state index is 0.0809. The molecule has 0 spiro atoms. The van der Waals surface area contributed by atoms with Gasteiger partial charge in [0.15, 0.2) is 0 Å². The Balaban J connectivity index is 2.17. The standard InChI is InChI=1S/C20H18/c1-13-8-10-16-17-11-9-14-6-4-5-7-15(14)19(17)20(2,3)18(16)12-13/h4-12H,1-3H3. The van der Waals surface area contributed by atoms with E-state index >= 15 is 0 Å². The summed E-state index contributed by atoms with van der Waals surface area (Å²) in [7, 11) is 0. The van der Waals surface area contributed by atoms with Gasteiger partial charge in [-0.05, 0) is 39.9 Å². The van der Waals surface area contributed by atoms with Gasteiger partial charge in [-0.3, -0.25) is 0 Å². The van der Waals surface area contributed by atoms with Crippen LogP contribution in [0.15, 0.2) is 54.6 Å². The van der Waals surface area contributed by atoms with Crippen molar-refractivity contribution < 1.29 is 0 Å². The molecule has 0 saturated heterocycles. The quantitative estimate of drug-likeness (QED) is 0.502. The number of hydrogen-bond acceptors (Lipinski definition) is 0. The highest BCUT2D eigenvalue weighted by Gasteiger charge is 2.36. The minimum absolute atomic E-state index is 0.0809. The molecule has 0 nitrogen and oxygen atoms in total. The Labute approximate surface area is 120 Å². The first-order valence-electron chi connectivity index (χ1n) is 7.23. The number of hydrogen-bond donors (Lipinski definition) is 0. The lowest BCUT2D eigenvalue weighted by Gasteiger charge is -2.23. The molecule has 1 aliphatic carbocycles. The van der Waals surface area contributed by atoms with Gasteiger partial charge in [0.25, 0.3) is 0 Å². The normalized spacial score (nSPS) is 15.2. The van der Waals surface area contributed by atoms with E-state index in [4.69, 9.17) is 0 Å². The van der Waals surface area contributed by atoms with Crippen molar-refractivity contribution in [1.82, 2.24) is 0 Å². The highest BCUT2D eigenvalue weighted by atomic mass is 14.4. The van der Waals surface area contributed by atoms with Gasteiger partial charge in [-0.15, -0.1) is 0 Å². The average molecular weight is 258 g/mol. The van der Waals surface area contributed by atoms with Gasteiger partial charge in [-0.2, -0.15) is 0 Å². The van der Waals surface area contributed by atoms with Crippen LogP contribution >= 0.6 is 0 Å². The molecule has 0 heterocycles. The molecule has 0 heteroatoms. The molecule has 0 bridgehead atoms. The predicted octanol–water partition coefficient (Wildman–Crippen LogP) is 5.45. The van der Waals surface area contributed by atoms with Crippen LogP contribution in [0.4, 0.5) is 0 Å². The van der Waals surface area contributed by atoms with Crippen LogP contribution in [0.2, 0.25) is 0 Å². The summed E-state index contributed by atoms with van der Waals surface area (Å²) in [4.78, 5) is 0. The molecular weight excluding hydrogens is 240 g/mol. The lowest BCUT2D eigenvalue weighted by Crippen LogP contribution is -2.15. The van der Waals surface area contributed by atoms with Gasteiger partial charge >= 0.3 is 0 Å². The van der Waals surface area contributed by atoms with E-state index < -0.39 is 0 Å². The van der Waals surface area contributed by atoms with Gasteiger partial charge in [0.1, 0.15) is 0 Å². The van der Waals surface area contributed by atoms with E-state index in [0.29, 0.717) is 0 Å². The number of fused-ring (bicyclic) bond motifs is 5. The summed E-state index contributed by atoms with van der Waals surface area (Å²) < 4.78 is 0. The summed E-state index contributed by atoms with van der Waals surface area (Å²) in [6.07, 6.45) is 0. The van der Waals surface area contributed by atoms with Gasteiger partial charge in [-0.25, -0.2) is 0 Å². The Bertz CT molecular complexity index is 838. The van der Waals surface area contributed by atoms with Gasteiger partial charge in [0.2, 0.25) is 0 Å². The van der Waals surface area contributed by atoms with Crippen molar-refractivity contribution in [3.63, 3.8) is 0 Å². The van der Waals surface area contributed by atoms with Crippen molar-refractivity contribution in [2.45, 2.75) is 26.2 Å². The molecule has 1 aliphatic rings. The highest BCUT2D eigenvalue weighted by Crippen LogP contribution is 2.51. The number of rotatable bonds is 0. The van der Waals surface area contributed by atoms with Crippen LogP contribution in [0.1, 0.15) is 30.5 Å².